The minimum absolute atomic E-state index is 0.137. The Morgan fingerprint density at radius 1 is 0.275 bits per heavy atom. The van der Waals surface area contributed by atoms with Gasteiger partial charge >= 0.3 is 0 Å². The minimum Gasteiger partial charge on any atom is -0.508 e. The quantitative estimate of drug-likeness (QED) is 0.0193. The summed E-state index contributed by atoms with van der Waals surface area (Å²) < 4.78 is 21.5. The van der Waals surface area contributed by atoms with E-state index in [1.165, 1.54) is 124 Å². The van der Waals surface area contributed by atoms with Gasteiger partial charge in [-0.05, 0) is 274 Å². The molecule has 19 heteroatoms. The van der Waals surface area contributed by atoms with E-state index in [1.807, 2.05) is 331 Å². The number of phenols is 2. The molecule has 0 saturated carbocycles. The maximum absolute atomic E-state index is 10.6. The standard InChI is InChI=1S/C16H16.2C11H14O2S.2C9H13NO.2C8H11N.2C8H10O.C7H7Cl.2C7H9N.2C7H8O/c1-13-3-7-15(8-4-13)11-12-16-9-5-14(2)6-10-16;1-9-3-5-11(6-4-9)13-7-8-14-10(2)12;1-9-4-3-5-11(8-9)13-6-7-14-10(2)12;1-8-2-4-9(5-3-8)11-7-6-10;1-8-3-2-4-9(7-8)11-6-5-10;1-7-2-4-8(6-9)5-3-7;1-7-3-2-4-8(5-7)6-9;1-7-2-4-8(6-9)5-3-7;1-7-3-2-4-8(5-7)6-9;1-6-3-2-4-7(8)5-6;1-6-2-4-7(8)5-3-6;1-6-3-2-4-7(8)5-6;1-6-2-4-7(8)5-3-6;1-6-3-2-4-7(8)5-6/h3-12H,1-2H3;3-6H,7-8H2,1-2H3;3-5,8H,6-7H2,1-2H3;2-5H,6-7,10H2,1H3;2-4,7H,5-6,10H2,1H3;2*2-5H,6,9H2,1H3;2*2-5,9H,6H2,1H3;2-5H,1H3;2*2-5H,8H2,1H3;2*2-5,8H,1H3/b12-11+;;;;;;;;;;;;;. The Balaban J connectivity index is 0.000000520. The third kappa shape index (κ3) is 67.8. The zero-order chi connectivity index (χ0) is 105. The summed E-state index contributed by atoms with van der Waals surface area (Å²) in [5.74, 6) is 5.61. The fourth-order valence-corrected chi connectivity index (χ4v) is 12.5. The number of nitrogen functional groups attached to an aromatic ring is 2. The molecular weight excluding hydrogens is 1820 g/mol. The van der Waals surface area contributed by atoms with E-state index < -0.39 is 0 Å². The summed E-state index contributed by atoms with van der Waals surface area (Å²) >= 11 is 8.23. The average Bonchev–Trinajstić information content (AvgIpc) is 0.902. The average molecular weight is 1980 g/mol. The van der Waals surface area contributed by atoms with Gasteiger partial charge in [-0.1, -0.05) is 358 Å². The lowest BCUT2D eigenvalue weighted by molar-refractivity contribution is -0.109. The Bertz CT molecular complexity index is 5480. The highest BCUT2D eigenvalue weighted by Crippen LogP contribution is 2.19. The van der Waals surface area contributed by atoms with Crippen LogP contribution in [-0.2, 0) is 35.9 Å². The summed E-state index contributed by atoms with van der Waals surface area (Å²) in [6.07, 6.45) is 4.29. The molecule has 0 aromatic heterocycles. The number of halogens is 1. The first-order valence-electron chi connectivity index (χ1n) is 47.0. The second kappa shape index (κ2) is 77.3. The molecule has 15 rings (SSSR count). The summed E-state index contributed by atoms with van der Waals surface area (Å²) in [5, 5.41) is 35.9. The molecule has 15 aromatic carbocycles. The van der Waals surface area contributed by atoms with E-state index in [9.17, 15) is 9.59 Å². The molecular formula is C123H153ClN6O10S2. The molecule has 16 N–H and O–H groups in total. The molecule has 0 amide bonds. The molecule has 0 atom stereocenters. The Labute approximate surface area is 861 Å². The van der Waals surface area contributed by atoms with Crippen LogP contribution in [0.4, 0.5) is 11.4 Å². The second-order valence-electron chi connectivity index (χ2n) is 33.0. The van der Waals surface area contributed by atoms with Gasteiger partial charge in [0.15, 0.2) is 10.2 Å². The molecule has 0 bridgehead atoms. The van der Waals surface area contributed by atoms with Crippen molar-refractivity contribution in [2.45, 2.75) is 144 Å². The third-order valence-electron chi connectivity index (χ3n) is 19.1. The zero-order valence-electron chi connectivity index (χ0n) is 86.2. The number of anilines is 2. The highest BCUT2D eigenvalue weighted by atomic mass is 35.5. The van der Waals surface area contributed by atoms with Crippen LogP contribution in [0, 0.1) is 104 Å². The van der Waals surface area contributed by atoms with Gasteiger partial charge in [-0.3, -0.25) is 9.59 Å². The highest BCUT2D eigenvalue weighted by Gasteiger charge is 2.01. The first kappa shape index (κ1) is 125. The number of ether oxygens (including phenoxy) is 4. The summed E-state index contributed by atoms with van der Waals surface area (Å²) in [5.41, 5.74) is 59.1. The number of thioether (sulfide) groups is 2. The predicted octanol–water partition coefficient (Wildman–Crippen LogP) is 27.5. The van der Waals surface area contributed by atoms with E-state index in [0.29, 0.717) is 75.6 Å². The van der Waals surface area contributed by atoms with Crippen molar-refractivity contribution in [3.8, 4) is 34.5 Å². The molecule has 0 radical (unpaired) electrons. The van der Waals surface area contributed by atoms with Gasteiger partial charge in [0, 0.05) is 67.9 Å². The fourth-order valence-electron chi connectivity index (χ4n) is 11.4. The topological polar surface area (TPSA) is 308 Å². The van der Waals surface area contributed by atoms with Crippen LogP contribution in [0.15, 0.2) is 364 Å². The number of hydrogen-bond acceptors (Lipinski definition) is 18. The van der Waals surface area contributed by atoms with Gasteiger partial charge in [-0.25, -0.2) is 0 Å². The van der Waals surface area contributed by atoms with Crippen LogP contribution in [-0.4, -0.2) is 81.7 Å². The Kier molecular flexibility index (Phi) is 67.8. The largest absolute Gasteiger partial charge is 0.508 e. The van der Waals surface area contributed by atoms with Crippen molar-refractivity contribution in [3.05, 3.63) is 486 Å². The number of nitrogens with two attached hydrogens (primary N) is 6. The number of aromatic hydroxyl groups is 2. The number of hydrogen-bond donors (Lipinski definition) is 10. The van der Waals surface area contributed by atoms with Gasteiger partial charge < -0.3 is 73.8 Å². The third-order valence-corrected chi connectivity index (χ3v) is 20.9. The first-order valence-corrected chi connectivity index (χ1v) is 49.3. The molecule has 0 unspecified atom stereocenters. The summed E-state index contributed by atoms with van der Waals surface area (Å²) in [7, 11) is 0. The van der Waals surface area contributed by atoms with Crippen molar-refractivity contribution >= 4 is 68.9 Å². The molecule has 0 aliphatic rings. The van der Waals surface area contributed by atoms with E-state index in [2.05, 4.69) is 125 Å². The van der Waals surface area contributed by atoms with Crippen molar-refractivity contribution in [1.29, 1.82) is 0 Å². The number of carbonyl (C=O) groups excluding carboxylic acids is 2. The summed E-state index contributed by atoms with van der Waals surface area (Å²) in [6, 6.07) is 118. The molecule has 0 aliphatic carbocycles. The lowest BCUT2D eigenvalue weighted by atomic mass is 10.1. The molecule has 0 heterocycles. The number of carbonyl (C=O) groups is 2. The van der Waals surface area contributed by atoms with E-state index in [0.717, 1.165) is 56.1 Å². The molecule has 0 fully saturated rings. The number of aliphatic hydroxyl groups excluding tert-OH is 2. The molecule has 142 heavy (non-hydrogen) atoms. The van der Waals surface area contributed by atoms with Crippen LogP contribution in [0.1, 0.15) is 131 Å². The first-order chi connectivity index (χ1) is 68.0. The molecule has 15 aromatic rings. The lowest BCUT2D eigenvalue weighted by Crippen LogP contribution is -2.10. The van der Waals surface area contributed by atoms with Crippen LogP contribution in [0.5, 0.6) is 34.5 Å². The van der Waals surface area contributed by atoms with Crippen molar-refractivity contribution in [2.75, 3.05) is 62.5 Å². The van der Waals surface area contributed by atoms with Crippen molar-refractivity contribution in [3.63, 3.8) is 0 Å². The molecule has 0 aliphatic heterocycles. The van der Waals surface area contributed by atoms with Gasteiger partial charge in [0.25, 0.3) is 0 Å². The Morgan fingerprint density at radius 2 is 0.570 bits per heavy atom. The van der Waals surface area contributed by atoms with E-state index in [4.69, 9.17) is 85.4 Å². The maximum Gasteiger partial charge on any atom is 0.185 e. The monoisotopic (exact) mass is 1970 g/mol. The summed E-state index contributed by atoms with van der Waals surface area (Å²) in [6.45, 7) is 38.7. The smallest absolute Gasteiger partial charge is 0.185 e. The van der Waals surface area contributed by atoms with Crippen molar-refractivity contribution in [1.82, 2.24) is 0 Å². The number of aryl methyl sites for hydroxylation is 15. The van der Waals surface area contributed by atoms with E-state index in [-0.39, 0.29) is 23.4 Å². The fraction of sp³-hybridized carbons (Fsp3) is 0.236. The lowest BCUT2D eigenvalue weighted by Gasteiger charge is -2.05. The van der Waals surface area contributed by atoms with Crippen LogP contribution in [0.25, 0.3) is 12.2 Å². The Hall–Kier alpha value is -13.5. The molecule has 754 valence electrons. The van der Waals surface area contributed by atoms with E-state index in [1.54, 1.807) is 38.1 Å². The highest BCUT2D eigenvalue weighted by molar-refractivity contribution is 8.13. The molecule has 16 nitrogen and oxygen atoms in total. The van der Waals surface area contributed by atoms with Gasteiger partial charge in [-0.15, -0.1) is 0 Å². The predicted molar refractivity (Wildman–Crippen MR) is 608 cm³/mol. The zero-order valence-corrected chi connectivity index (χ0v) is 88.6. The summed E-state index contributed by atoms with van der Waals surface area (Å²) in [4.78, 5) is 21.2. The number of benzene rings is 15. The molecule has 0 saturated heterocycles. The van der Waals surface area contributed by atoms with E-state index >= 15 is 0 Å². The van der Waals surface area contributed by atoms with Crippen molar-refractivity contribution in [2.24, 2.45) is 22.9 Å². The maximum atomic E-state index is 10.6. The van der Waals surface area contributed by atoms with Crippen LogP contribution < -0.4 is 53.3 Å². The van der Waals surface area contributed by atoms with Gasteiger partial charge in [0.2, 0.25) is 0 Å². The van der Waals surface area contributed by atoms with Gasteiger partial charge in [-0.2, -0.15) is 0 Å². The van der Waals surface area contributed by atoms with Crippen molar-refractivity contribution < 1.29 is 49.0 Å². The number of phenolic OH excluding ortho intramolecular Hbond substituents is 2. The number of aliphatic hydroxyl groups is 2. The van der Waals surface area contributed by atoms with Crippen LogP contribution in [0.3, 0.4) is 0 Å². The van der Waals surface area contributed by atoms with Crippen LogP contribution in [0.2, 0.25) is 5.02 Å². The second-order valence-corrected chi connectivity index (χ2v) is 36.0. The normalized spacial score (nSPS) is 9.66. The number of rotatable bonds is 20. The van der Waals surface area contributed by atoms with Crippen LogP contribution >= 0.6 is 35.1 Å². The minimum atomic E-state index is 0.137. The Morgan fingerprint density at radius 3 is 0.859 bits per heavy atom. The van der Waals surface area contributed by atoms with Gasteiger partial charge in [0.05, 0.1) is 26.4 Å². The molecule has 0 spiro atoms. The van der Waals surface area contributed by atoms with Gasteiger partial charge in [0.1, 0.15) is 47.7 Å². The SMILES string of the molecule is CC(=O)SCCOc1ccc(C)cc1.CC(=O)SCCOc1cccc(C)c1.Cc1ccc(/C=C/c2ccc(C)cc2)cc1.Cc1ccc(CN)cc1.Cc1ccc(CO)cc1.Cc1ccc(N)cc1.Cc1ccc(O)cc1.Cc1ccc(OCCN)cc1.Cc1cccc(CN)c1.Cc1cccc(CO)c1.Cc1cccc(Cl)c1.Cc1cccc(N)c1.Cc1cccc(O)c1.Cc1cccc(OCCN)c1.